The van der Waals surface area contributed by atoms with Crippen molar-refractivity contribution in [2.45, 2.75) is 43.9 Å². The predicted molar refractivity (Wildman–Crippen MR) is 106 cm³/mol. The summed E-state index contributed by atoms with van der Waals surface area (Å²) < 4.78 is 0. The van der Waals surface area contributed by atoms with Crippen LogP contribution in [0.2, 0.25) is 0 Å². The summed E-state index contributed by atoms with van der Waals surface area (Å²) in [6.07, 6.45) is 1.56. The Labute approximate surface area is 155 Å². The van der Waals surface area contributed by atoms with Crippen LogP contribution in [0.5, 0.6) is 0 Å². The molecule has 2 aromatic heterocycles. The molecular formula is C19H21N3OS2. The molecule has 6 heteroatoms. The van der Waals surface area contributed by atoms with Crippen LogP contribution in [0.3, 0.4) is 0 Å². The van der Waals surface area contributed by atoms with Crippen molar-refractivity contribution in [2.75, 3.05) is 0 Å². The molecule has 0 spiro atoms. The maximum Gasteiger partial charge on any atom is 0.230 e. The molecule has 2 N–H and O–H groups in total. The van der Waals surface area contributed by atoms with Crippen molar-refractivity contribution >= 4 is 39.2 Å². The van der Waals surface area contributed by atoms with E-state index in [1.807, 2.05) is 0 Å². The van der Waals surface area contributed by atoms with Gasteiger partial charge in [-0.1, -0.05) is 49.9 Å². The average molecular weight is 372 g/mol. The van der Waals surface area contributed by atoms with E-state index in [4.69, 9.17) is 5.73 Å². The molecule has 1 atom stereocenters. The Morgan fingerprint density at radius 3 is 2.44 bits per heavy atom. The molecule has 25 heavy (non-hydrogen) atoms. The number of primary amides is 1. The lowest BCUT2D eigenvalue weighted by Gasteiger charge is -2.10. The number of fused-ring (bicyclic) bond motifs is 1. The lowest BCUT2D eigenvalue weighted by atomic mass is 9.98. The Morgan fingerprint density at radius 1 is 1.16 bits per heavy atom. The van der Waals surface area contributed by atoms with Crippen LogP contribution in [0.25, 0.3) is 21.3 Å². The minimum absolute atomic E-state index is 0.338. The summed E-state index contributed by atoms with van der Waals surface area (Å²) in [5, 5.41) is 1.48. The number of nitrogens with two attached hydrogens (primary N) is 1. The number of carbonyl (C=O) groups is 1. The fraction of sp³-hybridized carbons (Fsp3) is 0.316. The zero-order valence-electron chi connectivity index (χ0n) is 14.7. The highest BCUT2D eigenvalue weighted by Gasteiger charge is 2.20. The first-order chi connectivity index (χ1) is 11.9. The molecule has 1 aromatic carbocycles. The first kappa shape index (κ1) is 17.9. The van der Waals surface area contributed by atoms with Gasteiger partial charge in [0, 0.05) is 10.4 Å². The molecule has 2 heterocycles. The van der Waals surface area contributed by atoms with Gasteiger partial charge in [-0.05, 0) is 30.9 Å². The first-order valence-electron chi connectivity index (χ1n) is 8.19. The largest absolute Gasteiger partial charge is 0.369 e. The van der Waals surface area contributed by atoms with E-state index >= 15 is 0 Å². The molecule has 0 radical (unpaired) electrons. The van der Waals surface area contributed by atoms with Crippen molar-refractivity contribution in [3.05, 3.63) is 41.0 Å². The lowest BCUT2D eigenvalue weighted by molar-refractivity contribution is -0.117. The number of benzene rings is 1. The highest BCUT2D eigenvalue weighted by molar-refractivity contribution is 8.00. The molecule has 0 aliphatic carbocycles. The van der Waals surface area contributed by atoms with E-state index in [1.165, 1.54) is 22.2 Å². The van der Waals surface area contributed by atoms with Crippen molar-refractivity contribution in [1.82, 2.24) is 9.97 Å². The zero-order chi connectivity index (χ0) is 18.1. The minimum atomic E-state index is -0.341. The van der Waals surface area contributed by atoms with Gasteiger partial charge in [-0.3, -0.25) is 4.79 Å². The Morgan fingerprint density at radius 2 is 1.84 bits per heavy atom. The van der Waals surface area contributed by atoms with E-state index in [1.54, 1.807) is 24.6 Å². The fourth-order valence-corrected chi connectivity index (χ4v) is 4.67. The number of nitrogens with zero attached hydrogens (tertiary/aromatic N) is 2. The SMILES string of the molecule is Cc1sc2ncnc(SC(C)C(N)=O)c2c1-c1ccc(C(C)C)cc1. The second-order valence-electron chi connectivity index (χ2n) is 6.33. The summed E-state index contributed by atoms with van der Waals surface area (Å²) in [6.45, 7) is 8.28. The quantitative estimate of drug-likeness (QED) is 0.519. The summed E-state index contributed by atoms with van der Waals surface area (Å²) in [4.78, 5) is 22.4. The second-order valence-corrected chi connectivity index (χ2v) is 8.86. The Balaban J connectivity index is 2.14. The Kier molecular flexibility index (Phi) is 5.11. The van der Waals surface area contributed by atoms with Gasteiger partial charge in [0.1, 0.15) is 16.2 Å². The van der Waals surface area contributed by atoms with Crippen LogP contribution in [0.15, 0.2) is 35.6 Å². The number of rotatable bonds is 5. The summed E-state index contributed by atoms with van der Waals surface area (Å²) >= 11 is 3.05. The van der Waals surface area contributed by atoms with Gasteiger partial charge < -0.3 is 5.73 Å². The number of thioether (sulfide) groups is 1. The number of hydrogen-bond acceptors (Lipinski definition) is 5. The van der Waals surface area contributed by atoms with Crippen molar-refractivity contribution in [1.29, 1.82) is 0 Å². The van der Waals surface area contributed by atoms with Crippen molar-refractivity contribution in [3.8, 4) is 11.1 Å². The standard InChI is InChI=1S/C19H21N3OS2/c1-10(2)13-5-7-14(8-6-13)15-11(3)24-18-16(15)19(22-9-21-18)25-12(4)17(20)23/h5-10,12H,1-4H3,(H2,20,23). The summed E-state index contributed by atoms with van der Waals surface area (Å²) in [5.74, 6) is 0.159. The molecule has 1 amide bonds. The van der Waals surface area contributed by atoms with E-state index in [0.29, 0.717) is 5.92 Å². The van der Waals surface area contributed by atoms with Gasteiger partial charge in [-0.25, -0.2) is 9.97 Å². The number of hydrogen-bond donors (Lipinski definition) is 1. The van der Waals surface area contributed by atoms with Gasteiger partial charge in [0.05, 0.1) is 10.6 Å². The molecule has 0 saturated carbocycles. The van der Waals surface area contributed by atoms with E-state index in [2.05, 4.69) is 55.0 Å². The van der Waals surface area contributed by atoms with Crippen LogP contribution in [0, 0.1) is 6.92 Å². The van der Waals surface area contributed by atoms with Gasteiger partial charge >= 0.3 is 0 Å². The molecule has 130 valence electrons. The average Bonchev–Trinajstić information content (AvgIpc) is 2.91. The number of thiophene rings is 1. The molecule has 0 bridgehead atoms. The van der Waals surface area contributed by atoms with Gasteiger partial charge in [0.2, 0.25) is 5.91 Å². The van der Waals surface area contributed by atoms with E-state index in [-0.39, 0.29) is 11.2 Å². The topological polar surface area (TPSA) is 68.9 Å². The van der Waals surface area contributed by atoms with Crippen molar-refractivity contribution in [2.24, 2.45) is 5.73 Å². The Bertz CT molecular complexity index is 916. The van der Waals surface area contributed by atoms with E-state index < -0.39 is 0 Å². The molecular weight excluding hydrogens is 350 g/mol. The fourth-order valence-electron chi connectivity index (χ4n) is 2.71. The lowest BCUT2D eigenvalue weighted by Crippen LogP contribution is -2.22. The number of aromatic nitrogens is 2. The van der Waals surface area contributed by atoms with Crippen LogP contribution in [0.1, 0.15) is 37.1 Å². The van der Waals surface area contributed by atoms with Crippen LogP contribution >= 0.6 is 23.1 Å². The van der Waals surface area contributed by atoms with Crippen LogP contribution in [-0.4, -0.2) is 21.1 Å². The molecule has 0 aliphatic rings. The highest BCUT2D eigenvalue weighted by Crippen LogP contribution is 2.42. The smallest absolute Gasteiger partial charge is 0.230 e. The first-order valence-corrected chi connectivity index (χ1v) is 9.88. The third-order valence-electron chi connectivity index (χ3n) is 4.18. The van der Waals surface area contributed by atoms with Crippen molar-refractivity contribution in [3.63, 3.8) is 0 Å². The van der Waals surface area contributed by atoms with Crippen LogP contribution in [-0.2, 0) is 4.79 Å². The summed E-state index contributed by atoms with van der Waals surface area (Å²) in [7, 11) is 0. The highest BCUT2D eigenvalue weighted by atomic mass is 32.2. The maximum absolute atomic E-state index is 11.5. The molecule has 3 rings (SSSR count). The molecule has 1 unspecified atom stereocenters. The van der Waals surface area contributed by atoms with E-state index in [0.717, 1.165) is 26.4 Å². The predicted octanol–water partition coefficient (Wildman–Crippen LogP) is 4.76. The molecule has 4 nitrogen and oxygen atoms in total. The van der Waals surface area contributed by atoms with Gasteiger partial charge in [0.25, 0.3) is 0 Å². The third-order valence-corrected chi connectivity index (χ3v) is 6.32. The van der Waals surface area contributed by atoms with E-state index in [9.17, 15) is 4.79 Å². The number of carbonyl (C=O) groups excluding carboxylic acids is 1. The van der Waals surface area contributed by atoms with Crippen LogP contribution in [0.4, 0.5) is 0 Å². The number of amides is 1. The summed E-state index contributed by atoms with van der Waals surface area (Å²) in [5.41, 5.74) is 9.04. The maximum atomic E-state index is 11.5. The molecule has 0 fully saturated rings. The van der Waals surface area contributed by atoms with Crippen LogP contribution < -0.4 is 5.73 Å². The molecule has 0 aliphatic heterocycles. The second kappa shape index (κ2) is 7.14. The van der Waals surface area contributed by atoms with Gasteiger partial charge in [0.15, 0.2) is 0 Å². The minimum Gasteiger partial charge on any atom is -0.369 e. The van der Waals surface area contributed by atoms with Gasteiger partial charge in [-0.2, -0.15) is 0 Å². The normalized spacial score (nSPS) is 12.7. The van der Waals surface area contributed by atoms with Crippen molar-refractivity contribution < 1.29 is 4.79 Å². The third kappa shape index (κ3) is 3.55. The molecule has 0 saturated heterocycles. The zero-order valence-corrected chi connectivity index (χ0v) is 16.4. The Hall–Kier alpha value is -1.92. The monoisotopic (exact) mass is 371 g/mol. The molecule has 3 aromatic rings. The number of aryl methyl sites for hydroxylation is 1. The summed E-state index contributed by atoms with van der Waals surface area (Å²) in [6, 6.07) is 8.66. The van der Waals surface area contributed by atoms with Gasteiger partial charge in [-0.15, -0.1) is 11.3 Å².